The molecule has 0 fully saturated rings. The number of halogens is 2. The average Bonchev–Trinajstić information content (AvgIpc) is 2.61. The van der Waals surface area contributed by atoms with Gasteiger partial charge < -0.3 is 9.47 Å². The van der Waals surface area contributed by atoms with E-state index in [1.165, 1.54) is 0 Å². The predicted octanol–water partition coefficient (Wildman–Crippen LogP) is 7.05. The third-order valence-corrected chi connectivity index (χ3v) is 6.32. The largest absolute Gasteiger partial charge is 0.494 e. The molecular formula is C21H23Cl2NO3S. The van der Waals surface area contributed by atoms with E-state index in [-0.39, 0.29) is 0 Å². The van der Waals surface area contributed by atoms with Crippen molar-refractivity contribution in [3.05, 3.63) is 51.5 Å². The number of thioether (sulfide) groups is 1. The number of unbranched alkanes of at least 4 members (excludes halogenated alkanes) is 1. The van der Waals surface area contributed by atoms with Crippen LogP contribution in [0.4, 0.5) is 10.5 Å². The van der Waals surface area contributed by atoms with Crippen molar-refractivity contribution in [2.24, 2.45) is 0 Å². The van der Waals surface area contributed by atoms with Gasteiger partial charge in [0.2, 0.25) is 0 Å². The number of benzene rings is 2. The van der Waals surface area contributed by atoms with Crippen LogP contribution in [0.5, 0.6) is 5.75 Å². The van der Waals surface area contributed by atoms with Crippen molar-refractivity contribution in [3.63, 3.8) is 0 Å². The third-order valence-electron chi connectivity index (χ3n) is 4.50. The van der Waals surface area contributed by atoms with Crippen LogP contribution < -0.4 is 10.1 Å². The summed E-state index contributed by atoms with van der Waals surface area (Å²) in [5, 5.41) is 3.94. The quantitative estimate of drug-likeness (QED) is 0.370. The van der Waals surface area contributed by atoms with Gasteiger partial charge in [-0.05, 0) is 75.3 Å². The standard InChI is InChI=1S/C21H23Cl2NO3S/c1-13-10-14(11-16-19(13)24-20(25)27-21(16,2)3)26-8-4-5-9-28-15-6-7-17(22)18(23)12-15/h6-7,10-12H,4-5,8-9H2,1-3H3,(H,24,25). The lowest BCUT2D eigenvalue weighted by atomic mass is 9.92. The van der Waals surface area contributed by atoms with Crippen LogP contribution >= 0.6 is 35.0 Å². The second-order valence-corrected chi connectivity index (χ2v) is 9.15. The Kier molecular flexibility index (Phi) is 6.69. The van der Waals surface area contributed by atoms with Crippen molar-refractivity contribution < 1.29 is 14.3 Å². The van der Waals surface area contributed by atoms with Crippen LogP contribution in [-0.2, 0) is 10.3 Å². The summed E-state index contributed by atoms with van der Waals surface area (Å²) in [7, 11) is 0. The molecule has 0 spiro atoms. The second-order valence-electron chi connectivity index (χ2n) is 7.17. The Morgan fingerprint density at radius 3 is 2.68 bits per heavy atom. The summed E-state index contributed by atoms with van der Waals surface area (Å²) in [6.45, 7) is 6.36. The minimum atomic E-state index is -0.682. The van der Waals surface area contributed by atoms with Gasteiger partial charge in [0.05, 0.1) is 22.3 Å². The average molecular weight is 440 g/mol. The maximum Gasteiger partial charge on any atom is 0.412 e. The van der Waals surface area contributed by atoms with Crippen molar-refractivity contribution in [1.82, 2.24) is 0 Å². The number of carbonyl (C=O) groups excluding carboxylic acids is 1. The Bertz CT molecular complexity index is 886. The molecule has 28 heavy (non-hydrogen) atoms. The molecule has 7 heteroatoms. The molecule has 0 bridgehead atoms. The molecular weight excluding hydrogens is 417 g/mol. The van der Waals surface area contributed by atoms with Crippen molar-refractivity contribution in [3.8, 4) is 5.75 Å². The Morgan fingerprint density at radius 2 is 1.93 bits per heavy atom. The van der Waals surface area contributed by atoms with Gasteiger partial charge in [0.15, 0.2) is 0 Å². The predicted molar refractivity (Wildman–Crippen MR) is 116 cm³/mol. The summed E-state index contributed by atoms with van der Waals surface area (Å²) >= 11 is 13.7. The van der Waals surface area contributed by atoms with Crippen LogP contribution in [0.3, 0.4) is 0 Å². The van der Waals surface area contributed by atoms with Gasteiger partial charge in [0.25, 0.3) is 0 Å². The second kappa shape index (κ2) is 8.85. The van der Waals surface area contributed by atoms with Gasteiger partial charge in [-0.15, -0.1) is 11.8 Å². The summed E-state index contributed by atoms with van der Waals surface area (Å²) < 4.78 is 11.3. The molecule has 1 heterocycles. The van der Waals surface area contributed by atoms with E-state index < -0.39 is 11.7 Å². The highest BCUT2D eigenvalue weighted by Crippen LogP contribution is 2.40. The van der Waals surface area contributed by atoms with E-state index in [0.29, 0.717) is 16.7 Å². The normalized spacial score (nSPS) is 14.8. The van der Waals surface area contributed by atoms with E-state index >= 15 is 0 Å². The minimum Gasteiger partial charge on any atom is -0.494 e. The fourth-order valence-electron chi connectivity index (χ4n) is 3.04. The molecule has 0 radical (unpaired) electrons. The molecule has 0 unspecified atom stereocenters. The summed E-state index contributed by atoms with van der Waals surface area (Å²) in [5.41, 5.74) is 2.02. The molecule has 0 saturated heterocycles. The van der Waals surface area contributed by atoms with E-state index in [4.69, 9.17) is 32.7 Å². The van der Waals surface area contributed by atoms with Crippen LogP contribution in [0.1, 0.15) is 37.8 Å². The van der Waals surface area contributed by atoms with E-state index in [1.54, 1.807) is 11.8 Å². The van der Waals surface area contributed by atoms with Crippen molar-refractivity contribution in [2.45, 2.75) is 44.1 Å². The highest BCUT2D eigenvalue weighted by atomic mass is 35.5. The van der Waals surface area contributed by atoms with E-state index in [9.17, 15) is 4.79 Å². The monoisotopic (exact) mass is 439 g/mol. The van der Waals surface area contributed by atoms with Gasteiger partial charge in [0.1, 0.15) is 11.4 Å². The fraction of sp³-hybridized carbons (Fsp3) is 0.381. The molecule has 0 aliphatic carbocycles. The first kappa shape index (κ1) is 21.2. The number of aryl methyl sites for hydroxylation is 1. The lowest BCUT2D eigenvalue weighted by Gasteiger charge is -2.33. The smallest absolute Gasteiger partial charge is 0.412 e. The molecule has 1 aliphatic heterocycles. The van der Waals surface area contributed by atoms with Gasteiger partial charge in [-0.3, -0.25) is 5.32 Å². The lowest BCUT2D eigenvalue weighted by Crippen LogP contribution is -2.35. The third kappa shape index (κ3) is 5.07. The maximum absolute atomic E-state index is 11.7. The molecule has 1 aliphatic rings. The number of nitrogens with one attached hydrogen (secondary N) is 1. The highest BCUT2D eigenvalue weighted by Gasteiger charge is 2.34. The summed E-state index contributed by atoms with van der Waals surface area (Å²) in [4.78, 5) is 12.8. The van der Waals surface area contributed by atoms with Crippen molar-refractivity contribution in [2.75, 3.05) is 17.7 Å². The van der Waals surface area contributed by atoms with Crippen molar-refractivity contribution in [1.29, 1.82) is 0 Å². The van der Waals surface area contributed by atoms with Crippen LogP contribution in [0, 0.1) is 6.92 Å². The summed E-state index contributed by atoms with van der Waals surface area (Å²) in [6.07, 6.45) is 1.55. The SMILES string of the molecule is Cc1cc(OCCCCSc2ccc(Cl)c(Cl)c2)cc2c1NC(=O)OC2(C)C. The number of ether oxygens (including phenoxy) is 2. The topological polar surface area (TPSA) is 47.6 Å². The van der Waals surface area contributed by atoms with Gasteiger partial charge in [-0.2, -0.15) is 0 Å². The van der Waals surface area contributed by atoms with Crippen LogP contribution in [-0.4, -0.2) is 18.5 Å². The first-order chi connectivity index (χ1) is 13.3. The van der Waals surface area contributed by atoms with Crippen LogP contribution in [0.2, 0.25) is 10.0 Å². The number of hydrogen-bond donors (Lipinski definition) is 1. The van der Waals surface area contributed by atoms with E-state index in [0.717, 1.165) is 46.1 Å². The number of carbonyl (C=O) groups is 1. The Balaban J connectivity index is 1.49. The lowest BCUT2D eigenvalue weighted by molar-refractivity contribution is 0.0417. The van der Waals surface area contributed by atoms with Crippen LogP contribution in [0.15, 0.2) is 35.2 Å². The zero-order chi connectivity index (χ0) is 20.3. The maximum atomic E-state index is 11.7. The highest BCUT2D eigenvalue weighted by molar-refractivity contribution is 7.99. The fourth-order valence-corrected chi connectivity index (χ4v) is 4.36. The van der Waals surface area contributed by atoms with Gasteiger partial charge in [-0.25, -0.2) is 4.79 Å². The molecule has 3 rings (SSSR count). The molecule has 2 aromatic rings. The van der Waals surface area contributed by atoms with E-state index in [1.807, 2.05) is 51.1 Å². The summed E-state index contributed by atoms with van der Waals surface area (Å²) in [5.74, 6) is 1.78. The molecule has 0 atom stereocenters. The zero-order valence-electron chi connectivity index (χ0n) is 16.1. The molecule has 0 aromatic heterocycles. The Labute approximate surface area is 179 Å². The first-order valence-electron chi connectivity index (χ1n) is 9.12. The van der Waals surface area contributed by atoms with E-state index in [2.05, 4.69) is 5.32 Å². The Hall–Kier alpha value is -1.56. The van der Waals surface area contributed by atoms with Gasteiger partial charge >= 0.3 is 6.09 Å². The molecule has 2 aromatic carbocycles. The minimum absolute atomic E-state index is 0.422. The number of fused-ring (bicyclic) bond motifs is 1. The zero-order valence-corrected chi connectivity index (χ0v) is 18.4. The number of anilines is 1. The molecule has 150 valence electrons. The van der Waals surface area contributed by atoms with Crippen LogP contribution in [0.25, 0.3) is 0 Å². The van der Waals surface area contributed by atoms with Gasteiger partial charge in [-0.1, -0.05) is 23.2 Å². The molecule has 1 N–H and O–H groups in total. The molecule has 0 saturated carbocycles. The Morgan fingerprint density at radius 1 is 1.14 bits per heavy atom. The molecule has 4 nitrogen and oxygen atoms in total. The molecule has 1 amide bonds. The van der Waals surface area contributed by atoms with Crippen molar-refractivity contribution >= 4 is 46.7 Å². The first-order valence-corrected chi connectivity index (χ1v) is 10.9. The number of amides is 1. The number of rotatable bonds is 7. The number of hydrogen-bond acceptors (Lipinski definition) is 4. The number of cyclic esters (lactones) is 1. The van der Waals surface area contributed by atoms with Gasteiger partial charge in [0, 0.05) is 10.5 Å². The summed E-state index contributed by atoms with van der Waals surface area (Å²) in [6, 6.07) is 9.59.